The van der Waals surface area contributed by atoms with E-state index in [4.69, 9.17) is 4.98 Å². The SMILES string of the molecule is Cc1nn(CC(C)C)c(C)c1CCC(=O)Nc1ccc(-c2nc3ccccc3n2C)cc1. The molecule has 32 heavy (non-hydrogen) atoms. The van der Waals surface area contributed by atoms with Gasteiger partial charge < -0.3 is 9.88 Å². The zero-order valence-corrected chi connectivity index (χ0v) is 19.5. The van der Waals surface area contributed by atoms with E-state index in [0.717, 1.165) is 46.0 Å². The second-order valence-corrected chi connectivity index (χ2v) is 8.83. The minimum absolute atomic E-state index is 0.0101. The lowest BCUT2D eigenvalue weighted by atomic mass is 10.1. The Labute approximate surface area is 189 Å². The van der Waals surface area contributed by atoms with Crippen molar-refractivity contribution in [1.82, 2.24) is 19.3 Å². The maximum atomic E-state index is 12.6. The maximum absolute atomic E-state index is 12.6. The molecule has 0 saturated heterocycles. The van der Waals surface area contributed by atoms with Crippen molar-refractivity contribution in [2.24, 2.45) is 13.0 Å². The molecule has 0 unspecified atom stereocenters. The molecular formula is C26H31N5O. The molecule has 1 N–H and O–H groups in total. The van der Waals surface area contributed by atoms with E-state index < -0.39 is 0 Å². The molecule has 0 atom stereocenters. The number of fused-ring (bicyclic) bond motifs is 1. The number of benzene rings is 2. The Balaban J connectivity index is 1.40. The summed E-state index contributed by atoms with van der Waals surface area (Å²) in [6.45, 7) is 9.39. The van der Waals surface area contributed by atoms with Crippen LogP contribution in [0.5, 0.6) is 0 Å². The van der Waals surface area contributed by atoms with Crippen LogP contribution in [0.3, 0.4) is 0 Å². The molecule has 0 bridgehead atoms. The predicted octanol–water partition coefficient (Wildman–Crippen LogP) is 5.28. The topological polar surface area (TPSA) is 64.7 Å². The number of aromatic nitrogens is 4. The summed E-state index contributed by atoms with van der Waals surface area (Å²) >= 11 is 0. The summed E-state index contributed by atoms with van der Waals surface area (Å²) in [4.78, 5) is 17.3. The quantitative estimate of drug-likeness (QED) is 0.435. The number of carbonyl (C=O) groups excluding carboxylic acids is 1. The van der Waals surface area contributed by atoms with Crippen molar-refractivity contribution in [1.29, 1.82) is 0 Å². The molecule has 4 rings (SSSR count). The lowest BCUT2D eigenvalue weighted by Crippen LogP contribution is -2.13. The van der Waals surface area contributed by atoms with Gasteiger partial charge in [-0.1, -0.05) is 26.0 Å². The van der Waals surface area contributed by atoms with Crippen molar-refractivity contribution in [3.63, 3.8) is 0 Å². The van der Waals surface area contributed by atoms with E-state index in [1.165, 1.54) is 5.56 Å². The van der Waals surface area contributed by atoms with E-state index in [1.807, 2.05) is 56.4 Å². The van der Waals surface area contributed by atoms with E-state index in [2.05, 4.69) is 46.5 Å². The highest BCUT2D eigenvalue weighted by Crippen LogP contribution is 2.25. The Hall–Kier alpha value is -3.41. The van der Waals surface area contributed by atoms with Gasteiger partial charge >= 0.3 is 0 Å². The molecule has 0 saturated carbocycles. The lowest BCUT2D eigenvalue weighted by molar-refractivity contribution is -0.116. The zero-order valence-electron chi connectivity index (χ0n) is 19.5. The fourth-order valence-electron chi connectivity index (χ4n) is 4.19. The molecule has 0 radical (unpaired) electrons. The fourth-order valence-corrected chi connectivity index (χ4v) is 4.19. The van der Waals surface area contributed by atoms with Crippen LogP contribution in [0.15, 0.2) is 48.5 Å². The standard InChI is InChI=1S/C26H31N5O/c1-17(2)16-31-19(4)22(18(3)29-31)14-15-25(32)27-21-12-10-20(11-13-21)26-28-23-8-6-7-9-24(23)30(26)5/h6-13,17H,14-16H2,1-5H3,(H,27,32). The highest BCUT2D eigenvalue weighted by Gasteiger charge is 2.14. The first-order chi connectivity index (χ1) is 15.3. The van der Waals surface area contributed by atoms with Gasteiger partial charge in [0.2, 0.25) is 5.91 Å². The summed E-state index contributed by atoms with van der Waals surface area (Å²) in [6.07, 6.45) is 1.13. The summed E-state index contributed by atoms with van der Waals surface area (Å²) in [5.74, 6) is 1.46. The third-order valence-corrected chi connectivity index (χ3v) is 5.89. The average molecular weight is 430 g/mol. The Bertz CT molecular complexity index is 1250. The molecular weight excluding hydrogens is 398 g/mol. The van der Waals surface area contributed by atoms with Gasteiger partial charge in [-0.05, 0) is 68.1 Å². The molecule has 0 aliphatic carbocycles. The van der Waals surface area contributed by atoms with Crippen LogP contribution >= 0.6 is 0 Å². The lowest BCUT2D eigenvalue weighted by Gasteiger charge is -2.09. The zero-order chi connectivity index (χ0) is 22.8. The van der Waals surface area contributed by atoms with E-state index in [9.17, 15) is 4.79 Å². The number of para-hydroxylation sites is 2. The van der Waals surface area contributed by atoms with Crippen LogP contribution in [0.4, 0.5) is 5.69 Å². The van der Waals surface area contributed by atoms with Gasteiger partial charge in [0.1, 0.15) is 5.82 Å². The summed E-state index contributed by atoms with van der Waals surface area (Å²) in [5, 5.41) is 7.67. The Morgan fingerprint density at radius 1 is 1.06 bits per heavy atom. The molecule has 6 heteroatoms. The van der Waals surface area contributed by atoms with E-state index in [0.29, 0.717) is 18.8 Å². The van der Waals surface area contributed by atoms with Crippen molar-refractivity contribution in [3.8, 4) is 11.4 Å². The van der Waals surface area contributed by atoms with Crippen molar-refractivity contribution < 1.29 is 4.79 Å². The van der Waals surface area contributed by atoms with Gasteiger partial charge in [0.15, 0.2) is 0 Å². The number of hydrogen-bond donors (Lipinski definition) is 1. The first-order valence-electron chi connectivity index (χ1n) is 11.2. The van der Waals surface area contributed by atoms with Gasteiger partial charge in [-0.25, -0.2) is 4.98 Å². The van der Waals surface area contributed by atoms with Crippen molar-refractivity contribution in [3.05, 3.63) is 65.5 Å². The molecule has 2 aromatic carbocycles. The Morgan fingerprint density at radius 2 is 1.78 bits per heavy atom. The number of nitrogens with zero attached hydrogens (tertiary/aromatic N) is 4. The van der Waals surface area contributed by atoms with Gasteiger partial charge in [-0.15, -0.1) is 0 Å². The molecule has 0 fully saturated rings. The van der Waals surface area contributed by atoms with E-state index >= 15 is 0 Å². The molecule has 0 aliphatic rings. The largest absolute Gasteiger partial charge is 0.327 e. The van der Waals surface area contributed by atoms with Gasteiger partial charge in [-0.2, -0.15) is 5.10 Å². The molecule has 0 aliphatic heterocycles. The second-order valence-electron chi connectivity index (χ2n) is 8.83. The van der Waals surface area contributed by atoms with Crippen LogP contribution in [-0.2, 0) is 24.8 Å². The van der Waals surface area contributed by atoms with E-state index in [-0.39, 0.29) is 5.91 Å². The number of anilines is 1. The summed E-state index contributed by atoms with van der Waals surface area (Å²) in [6, 6.07) is 16.0. The molecule has 2 aromatic heterocycles. The Kier molecular flexibility index (Phi) is 6.12. The van der Waals surface area contributed by atoms with Gasteiger partial charge in [0.05, 0.1) is 16.7 Å². The number of amides is 1. The van der Waals surface area contributed by atoms with E-state index in [1.54, 1.807) is 0 Å². The minimum atomic E-state index is 0.0101. The first-order valence-corrected chi connectivity index (χ1v) is 11.2. The monoisotopic (exact) mass is 429 g/mol. The number of nitrogens with one attached hydrogen (secondary N) is 1. The average Bonchev–Trinajstić information content (AvgIpc) is 3.23. The normalized spacial score (nSPS) is 11.4. The molecule has 166 valence electrons. The molecule has 2 heterocycles. The molecule has 0 spiro atoms. The third kappa shape index (κ3) is 4.44. The number of hydrogen-bond acceptors (Lipinski definition) is 3. The van der Waals surface area contributed by atoms with Crippen molar-refractivity contribution >= 4 is 22.6 Å². The highest BCUT2D eigenvalue weighted by atomic mass is 16.1. The van der Waals surface area contributed by atoms with Gasteiger partial charge in [0, 0.05) is 37.0 Å². The molecule has 4 aromatic rings. The van der Waals surface area contributed by atoms with Crippen LogP contribution in [0.25, 0.3) is 22.4 Å². The second kappa shape index (κ2) is 8.99. The van der Waals surface area contributed by atoms with Crippen LogP contribution < -0.4 is 5.32 Å². The van der Waals surface area contributed by atoms with Gasteiger partial charge in [0.25, 0.3) is 0 Å². The number of carbonyl (C=O) groups is 1. The van der Waals surface area contributed by atoms with Crippen molar-refractivity contribution in [2.45, 2.75) is 47.1 Å². The predicted molar refractivity (Wildman–Crippen MR) is 130 cm³/mol. The summed E-state index contributed by atoms with van der Waals surface area (Å²) < 4.78 is 4.15. The minimum Gasteiger partial charge on any atom is -0.327 e. The Morgan fingerprint density at radius 3 is 2.47 bits per heavy atom. The van der Waals surface area contributed by atoms with Crippen LogP contribution in [0.2, 0.25) is 0 Å². The van der Waals surface area contributed by atoms with Crippen molar-refractivity contribution in [2.75, 3.05) is 5.32 Å². The number of rotatable bonds is 7. The smallest absolute Gasteiger partial charge is 0.224 e. The maximum Gasteiger partial charge on any atom is 0.224 e. The summed E-state index contributed by atoms with van der Waals surface area (Å²) in [5.41, 5.74) is 7.25. The van der Waals surface area contributed by atoms with Crippen LogP contribution in [-0.4, -0.2) is 25.2 Å². The van der Waals surface area contributed by atoms with Crippen LogP contribution in [0, 0.1) is 19.8 Å². The molecule has 6 nitrogen and oxygen atoms in total. The fraction of sp³-hybridized carbons (Fsp3) is 0.346. The summed E-state index contributed by atoms with van der Waals surface area (Å²) in [7, 11) is 2.02. The first kappa shape index (κ1) is 21.8. The van der Waals surface area contributed by atoms with Crippen LogP contribution in [0.1, 0.15) is 37.2 Å². The molecule has 1 amide bonds. The van der Waals surface area contributed by atoms with Gasteiger partial charge in [-0.3, -0.25) is 9.48 Å². The highest BCUT2D eigenvalue weighted by molar-refractivity contribution is 5.91. The third-order valence-electron chi connectivity index (χ3n) is 5.89. The number of imidazole rings is 1. The number of aryl methyl sites for hydroxylation is 2.